The van der Waals surface area contributed by atoms with Gasteiger partial charge in [0.1, 0.15) is 11.9 Å². The van der Waals surface area contributed by atoms with Crippen LogP contribution in [0.15, 0.2) is 6.07 Å². The molecule has 1 atom stereocenters. The highest BCUT2D eigenvalue weighted by atomic mass is 16.5. The van der Waals surface area contributed by atoms with Gasteiger partial charge in [-0.15, -0.1) is 0 Å². The fourth-order valence-electron chi connectivity index (χ4n) is 2.06. The van der Waals surface area contributed by atoms with E-state index in [1.807, 2.05) is 13.1 Å². The van der Waals surface area contributed by atoms with E-state index in [0.29, 0.717) is 0 Å². The van der Waals surface area contributed by atoms with Crippen LogP contribution in [0.1, 0.15) is 38.4 Å². The Bertz CT molecular complexity index is 442. The fraction of sp³-hybridized carbons (Fsp3) is 0.714. The molecule has 1 aliphatic heterocycles. The van der Waals surface area contributed by atoms with Crippen LogP contribution in [0, 0.1) is 0 Å². The van der Waals surface area contributed by atoms with Gasteiger partial charge in [-0.25, -0.2) is 9.97 Å². The van der Waals surface area contributed by atoms with Crippen LogP contribution < -0.4 is 5.32 Å². The van der Waals surface area contributed by atoms with Crippen molar-refractivity contribution >= 4 is 5.82 Å². The van der Waals surface area contributed by atoms with Gasteiger partial charge in [-0.1, -0.05) is 20.8 Å². The quantitative estimate of drug-likeness (QED) is 0.883. The normalized spacial score (nSPS) is 21.4. The number of morpholine rings is 1. The molecule has 1 fully saturated rings. The molecule has 0 spiro atoms. The molecule has 2 heterocycles. The summed E-state index contributed by atoms with van der Waals surface area (Å²) in [7, 11) is 3.98. The number of ether oxygens (including phenoxy) is 1. The molecule has 1 aromatic rings. The van der Waals surface area contributed by atoms with Crippen LogP contribution in [0.3, 0.4) is 0 Å². The van der Waals surface area contributed by atoms with Gasteiger partial charge in [0.15, 0.2) is 5.82 Å². The number of hydrogen-bond donors (Lipinski definition) is 1. The minimum absolute atomic E-state index is 0.00383. The van der Waals surface area contributed by atoms with E-state index < -0.39 is 0 Å². The first kappa shape index (κ1) is 14.2. The molecule has 0 aliphatic carbocycles. The van der Waals surface area contributed by atoms with E-state index in [0.717, 1.165) is 37.0 Å². The maximum absolute atomic E-state index is 5.81. The van der Waals surface area contributed by atoms with Crippen molar-refractivity contribution in [3.8, 4) is 0 Å². The average molecular weight is 264 g/mol. The minimum atomic E-state index is -0.0341. The van der Waals surface area contributed by atoms with Crippen molar-refractivity contribution in [1.29, 1.82) is 0 Å². The van der Waals surface area contributed by atoms with Crippen LogP contribution in [-0.4, -0.2) is 48.7 Å². The second-order valence-corrected chi connectivity index (χ2v) is 6.12. The van der Waals surface area contributed by atoms with Crippen molar-refractivity contribution < 1.29 is 4.74 Å². The SMILES string of the molecule is CNc1cc(C(C)(C)C)nc(C2CN(C)CCO2)n1. The van der Waals surface area contributed by atoms with E-state index in [4.69, 9.17) is 9.72 Å². The summed E-state index contributed by atoms with van der Waals surface area (Å²) in [6, 6.07) is 2.01. The third-order valence-corrected chi connectivity index (χ3v) is 3.33. The molecule has 1 saturated heterocycles. The Kier molecular flexibility index (Phi) is 4.06. The number of aromatic nitrogens is 2. The summed E-state index contributed by atoms with van der Waals surface area (Å²) in [5.41, 5.74) is 1.04. The largest absolute Gasteiger partial charge is 0.373 e. The van der Waals surface area contributed by atoms with Gasteiger partial charge in [0.2, 0.25) is 0 Å². The highest BCUT2D eigenvalue weighted by molar-refractivity contribution is 5.37. The van der Waals surface area contributed by atoms with Crippen LogP contribution in [0.5, 0.6) is 0 Å². The highest BCUT2D eigenvalue weighted by Gasteiger charge is 2.25. The van der Waals surface area contributed by atoms with Crippen LogP contribution >= 0.6 is 0 Å². The van der Waals surface area contributed by atoms with Crippen molar-refractivity contribution in [3.63, 3.8) is 0 Å². The number of anilines is 1. The van der Waals surface area contributed by atoms with Crippen LogP contribution in [0.2, 0.25) is 0 Å². The molecule has 1 aromatic heterocycles. The maximum atomic E-state index is 5.81. The van der Waals surface area contributed by atoms with Gasteiger partial charge >= 0.3 is 0 Å². The zero-order chi connectivity index (χ0) is 14.0. The van der Waals surface area contributed by atoms with Gasteiger partial charge in [-0.2, -0.15) is 0 Å². The molecule has 2 rings (SSSR count). The van der Waals surface area contributed by atoms with Crippen LogP contribution in [0.4, 0.5) is 5.82 Å². The molecule has 0 saturated carbocycles. The van der Waals surface area contributed by atoms with E-state index in [2.05, 4.69) is 43.0 Å². The summed E-state index contributed by atoms with van der Waals surface area (Å²) >= 11 is 0. The van der Waals surface area contributed by atoms with E-state index in [-0.39, 0.29) is 11.5 Å². The molecule has 5 nitrogen and oxygen atoms in total. The zero-order valence-corrected chi connectivity index (χ0v) is 12.5. The predicted molar refractivity (Wildman–Crippen MR) is 76.5 cm³/mol. The molecule has 0 aromatic carbocycles. The second kappa shape index (κ2) is 5.43. The predicted octanol–water partition coefficient (Wildman–Crippen LogP) is 1.82. The lowest BCUT2D eigenvalue weighted by atomic mass is 9.92. The summed E-state index contributed by atoms with van der Waals surface area (Å²) in [5, 5.41) is 3.11. The number of likely N-dealkylation sites (N-methyl/N-ethyl adjacent to an activating group) is 1. The first-order valence-electron chi connectivity index (χ1n) is 6.77. The molecular formula is C14H24N4O. The molecule has 1 aliphatic rings. The monoisotopic (exact) mass is 264 g/mol. The Labute approximate surface area is 115 Å². The Hall–Kier alpha value is -1.20. The number of nitrogens with zero attached hydrogens (tertiary/aromatic N) is 3. The van der Waals surface area contributed by atoms with Crippen molar-refractivity contribution in [2.75, 3.05) is 39.1 Å². The Morgan fingerprint density at radius 2 is 2.11 bits per heavy atom. The molecule has 0 bridgehead atoms. The van der Waals surface area contributed by atoms with Gasteiger partial charge < -0.3 is 15.0 Å². The first-order chi connectivity index (χ1) is 8.90. The van der Waals surface area contributed by atoms with Crippen molar-refractivity contribution in [3.05, 3.63) is 17.6 Å². The first-order valence-corrected chi connectivity index (χ1v) is 6.77. The molecule has 1 unspecified atom stereocenters. The van der Waals surface area contributed by atoms with Gasteiger partial charge in [-0.05, 0) is 7.05 Å². The molecule has 5 heteroatoms. The molecule has 1 N–H and O–H groups in total. The lowest BCUT2D eigenvalue weighted by Gasteiger charge is -2.30. The standard InChI is InChI=1S/C14H24N4O/c1-14(2,3)11-8-12(15-4)17-13(16-11)10-9-18(5)6-7-19-10/h8,10H,6-7,9H2,1-5H3,(H,15,16,17). The number of nitrogens with one attached hydrogen (secondary N) is 1. The Morgan fingerprint density at radius 1 is 1.37 bits per heavy atom. The van der Waals surface area contributed by atoms with Gasteiger partial charge in [0.05, 0.1) is 12.3 Å². The summed E-state index contributed by atoms with van der Waals surface area (Å²) in [4.78, 5) is 11.5. The van der Waals surface area contributed by atoms with Crippen LogP contribution in [-0.2, 0) is 10.2 Å². The van der Waals surface area contributed by atoms with Gasteiger partial charge in [-0.3, -0.25) is 0 Å². The minimum Gasteiger partial charge on any atom is -0.373 e. The molecule has 19 heavy (non-hydrogen) atoms. The molecular weight excluding hydrogens is 240 g/mol. The zero-order valence-electron chi connectivity index (χ0n) is 12.5. The maximum Gasteiger partial charge on any atom is 0.161 e. The second-order valence-electron chi connectivity index (χ2n) is 6.12. The van der Waals surface area contributed by atoms with Gasteiger partial charge in [0, 0.05) is 31.6 Å². The summed E-state index contributed by atoms with van der Waals surface area (Å²) < 4.78 is 5.81. The summed E-state index contributed by atoms with van der Waals surface area (Å²) in [5.74, 6) is 1.63. The molecule has 106 valence electrons. The summed E-state index contributed by atoms with van der Waals surface area (Å²) in [6.45, 7) is 9.02. The lowest BCUT2D eigenvalue weighted by molar-refractivity contribution is -0.0255. The van der Waals surface area contributed by atoms with Crippen molar-refractivity contribution in [2.45, 2.75) is 32.3 Å². The number of hydrogen-bond acceptors (Lipinski definition) is 5. The third-order valence-electron chi connectivity index (χ3n) is 3.33. The topological polar surface area (TPSA) is 50.3 Å². The number of rotatable bonds is 2. The van der Waals surface area contributed by atoms with Crippen molar-refractivity contribution in [1.82, 2.24) is 14.9 Å². The molecule has 0 amide bonds. The average Bonchev–Trinajstić information content (AvgIpc) is 2.37. The third kappa shape index (κ3) is 3.42. The van der Waals surface area contributed by atoms with Crippen LogP contribution in [0.25, 0.3) is 0 Å². The van der Waals surface area contributed by atoms with Gasteiger partial charge in [0.25, 0.3) is 0 Å². The Balaban J connectivity index is 2.34. The lowest BCUT2D eigenvalue weighted by Crippen LogP contribution is -2.36. The smallest absolute Gasteiger partial charge is 0.161 e. The van der Waals surface area contributed by atoms with E-state index in [1.165, 1.54) is 0 Å². The fourth-order valence-corrected chi connectivity index (χ4v) is 2.06. The summed E-state index contributed by atoms with van der Waals surface area (Å²) in [6.07, 6.45) is -0.0341. The highest BCUT2D eigenvalue weighted by Crippen LogP contribution is 2.26. The molecule has 0 radical (unpaired) electrons. The van der Waals surface area contributed by atoms with E-state index >= 15 is 0 Å². The van der Waals surface area contributed by atoms with E-state index in [9.17, 15) is 0 Å². The van der Waals surface area contributed by atoms with Crippen molar-refractivity contribution in [2.24, 2.45) is 0 Å². The van der Waals surface area contributed by atoms with E-state index in [1.54, 1.807) is 0 Å². The Morgan fingerprint density at radius 3 is 2.68 bits per heavy atom.